The molecule has 0 amide bonds. The van der Waals surface area contributed by atoms with Crippen LogP contribution in [0.5, 0.6) is 11.5 Å². The number of nitrogen functional groups attached to an aromatic ring is 1. The quantitative estimate of drug-likeness (QED) is 0.257. The van der Waals surface area contributed by atoms with Gasteiger partial charge in [-0.15, -0.1) is 5.10 Å². The zero-order valence-electron chi connectivity index (χ0n) is 20.1. The highest BCUT2D eigenvalue weighted by Gasteiger charge is 2.20. The number of ether oxygens (including phenoxy) is 1. The standard InChI is InChI=1S/C28H30N6O/c1-3-7-25(26-14-22(29)15-27-28(26)32-33-31-27)21-16-30-34(18-21)17-20-9-6-11-24(13-20)35-23-10-5-8-19(4-2)12-23/h5-6,8-16,18,25H,3-4,7,17,29H2,1-2H3,(H,31,32,33). The number of rotatable bonds is 9. The summed E-state index contributed by atoms with van der Waals surface area (Å²) in [6, 6.07) is 20.3. The molecule has 0 aliphatic rings. The first-order valence-electron chi connectivity index (χ1n) is 12.1. The number of nitrogens with zero attached hydrogens (tertiary/aromatic N) is 4. The number of aromatic amines is 1. The number of nitrogens with two attached hydrogens (primary N) is 1. The Labute approximate surface area is 204 Å². The second kappa shape index (κ2) is 10.0. The van der Waals surface area contributed by atoms with Gasteiger partial charge in [-0.05, 0) is 71.5 Å². The zero-order valence-corrected chi connectivity index (χ0v) is 20.1. The monoisotopic (exact) mass is 466 g/mol. The maximum absolute atomic E-state index is 6.18. The van der Waals surface area contributed by atoms with Crippen LogP contribution in [0.4, 0.5) is 5.69 Å². The molecule has 3 N–H and O–H groups in total. The number of benzene rings is 3. The molecular weight excluding hydrogens is 436 g/mol. The number of hydrogen-bond donors (Lipinski definition) is 2. The molecule has 0 saturated heterocycles. The van der Waals surface area contributed by atoms with Crippen LogP contribution < -0.4 is 10.5 Å². The molecule has 0 aliphatic heterocycles. The lowest BCUT2D eigenvalue weighted by molar-refractivity contribution is 0.481. The van der Waals surface area contributed by atoms with E-state index in [1.165, 1.54) is 5.56 Å². The van der Waals surface area contributed by atoms with Crippen molar-refractivity contribution >= 4 is 16.7 Å². The van der Waals surface area contributed by atoms with E-state index in [4.69, 9.17) is 10.5 Å². The van der Waals surface area contributed by atoms with Crippen molar-refractivity contribution in [3.8, 4) is 11.5 Å². The van der Waals surface area contributed by atoms with Gasteiger partial charge in [0.25, 0.3) is 0 Å². The largest absolute Gasteiger partial charge is 0.457 e. The van der Waals surface area contributed by atoms with Gasteiger partial charge in [0.1, 0.15) is 17.0 Å². The SMILES string of the molecule is CCCC(c1cnn(Cc2cccc(Oc3cccc(CC)c3)c2)c1)c1cc(N)cc2[nH]nnc12. The van der Waals surface area contributed by atoms with Gasteiger partial charge in [-0.3, -0.25) is 9.78 Å². The molecular formula is C28H30N6O. The first-order chi connectivity index (χ1) is 17.1. The second-order valence-corrected chi connectivity index (χ2v) is 8.88. The summed E-state index contributed by atoms with van der Waals surface area (Å²) in [6.45, 7) is 4.98. The average molecular weight is 467 g/mol. The van der Waals surface area contributed by atoms with Gasteiger partial charge in [0.05, 0.1) is 18.3 Å². The van der Waals surface area contributed by atoms with E-state index >= 15 is 0 Å². The molecule has 0 radical (unpaired) electrons. The maximum Gasteiger partial charge on any atom is 0.127 e. The van der Waals surface area contributed by atoms with Crippen molar-refractivity contribution in [1.82, 2.24) is 25.2 Å². The van der Waals surface area contributed by atoms with Crippen molar-refractivity contribution in [2.75, 3.05) is 5.73 Å². The summed E-state index contributed by atoms with van der Waals surface area (Å²) in [5.41, 5.74) is 13.2. The number of aryl methyl sites for hydroxylation is 1. The van der Waals surface area contributed by atoms with Gasteiger partial charge >= 0.3 is 0 Å². The Morgan fingerprint density at radius 3 is 2.54 bits per heavy atom. The molecule has 2 heterocycles. The fraction of sp³-hybridized carbons (Fsp3) is 0.250. The average Bonchev–Trinajstić information content (AvgIpc) is 3.52. The highest BCUT2D eigenvalue weighted by molar-refractivity contribution is 5.82. The van der Waals surface area contributed by atoms with Gasteiger partial charge in [0.2, 0.25) is 0 Å². The van der Waals surface area contributed by atoms with E-state index < -0.39 is 0 Å². The first-order valence-corrected chi connectivity index (χ1v) is 12.1. The van der Waals surface area contributed by atoms with E-state index in [9.17, 15) is 0 Å². The Hall–Kier alpha value is -4.13. The van der Waals surface area contributed by atoms with Gasteiger partial charge in [-0.2, -0.15) is 5.10 Å². The van der Waals surface area contributed by atoms with Gasteiger partial charge in [0.15, 0.2) is 0 Å². The van der Waals surface area contributed by atoms with Gasteiger partial charge in [0, 0.05) is 17.8 Å². The third kappa shape index (κ3) is 5.04. The van der Waals surface area contributed by atoms with Crippen molar-refractivity contribution in [3.05, 3.63) is 95.3 Å². The second-order valence-electron chi connectivity index (χ2n) is 8.88. The Morgan fingerprint density at radius 1 is 1.00 bits per heavy atom. The molecule has 178 valence electrons. The molecule has 5 aromatic rings. The van der Waals surface area contributed by atoms with Gasteiger partial charge in [-0.1, -0.05) is 49.7 Å². The lowest BCUT2D eigenvalue weighted by atomic mass is 9.88. The van der Waals surface area contributed by atoms with Gasteiger partial charge in [-0.25, -0.2) is 0 Å². The Bertz CT molecular complexity index is 1440. The van der Waals surface area contributed by atoms with E-state index in [1.807, 2.05) is 47.3 Å². The van der Waals surface area contributed by atoms with Crippen LogP contribution >= 0.6 is 0 Å². The fourth-order valence-electron chi connectivity index (χ4n) is 4.57. The van der Waals surface area contributed by atoms with Crippen molar-refractivity contribution < 1.29 is 4.74 Å². The van der Waals surface area contributed by atoms with E-state index in [2.05, 4.69) is 64.8 Å². The first kappa shape index (κ1) is 22.7. The minimum Gasteiger partial charge on any atom is -0.457 e. The van der Waals surface area contributed by atoms with Crippen LogP contribution in [-0.4, -0.2) is 25.2 Å². The molecule has 3 aromatic carbocycles. The van der Waals surface area contributed by atoms with Crippen LogP contribution in [-0.2, 0) is 13.0 Å². The van der Waals surface area contributed by atoms with Crippen LogP contribution in [0, 0.1) is 0 Å². The molecule has 5 rings (SSSR count). The predicted octanol–water partition coefficient (Wildman–Crippen LogP) is 6.07. The molecule has 1 atom stereocenters. The lowest BCUT2D eigenvalue weighted by Gasteiger charge is -2.16. The minimum absolute atomic E-state index is 0.144. The van der Waals surface area contributed by atoms with Crippen LogP contribution in [0.25, 0.3) is 11.0 Å². The number of H-pyrrole nitrogens is 1. The van der Waals surface area contributed by atoms with Crippen LogP contribution in [0.1, 0.15) is 54.9 Å². The summed E-state index contributed by atoms with van der Waals surface area (Å²) < 4.78 is 8.09. The molecule has 1 unspecified atom stereocenters. The van der Waals surface area contributed by atoms with Crippen LogP contribution in [0.2, 0.25) is 0 Å². The van der Waals surface area contributed by atoms with Gasteiger partial charge < -0.3 is 10.5 Å². The number of anilines is 1. The molecule has 7 heteroatoms. The Kier molecular flexibility index (Phi) is 6.48. The van der Waals surface area contributed by atoms with E-state index in [-0.39, 0.29) is 5.92 Å². The molecule has 0 saturated carbocycles. The molecule has 0 spiro atoms. The normalized spacial score (nSPS) is 12.2. The number of hydrogen-bond acceptors (Lipinski definition) is 5. The highest BCUT2D eigenvalue weighted by atomic mass is 16.5. The van der Waals surface area contributed by atoms with Crippen molar-refractivity contribution in [2.24, 2.45) is 0 Å². The Balaban J connectivity index is 1.37. The molecule has 7 nitrogen and oxygen atoms in total. The minimum atomic E-state index is 0.144. The maximum atomic E-state index is 6.18. The highest BCUT2D eigenvalue weighted by Crippen LogP contribution is 2.34. The van der Waals surface area contributed by atoms with E-state index in [0.29, 0.717) is 12.2 Å². The number of fused-ring (bicyclic) bond motifs is 1. The summed E-state index contributed by atoms with van der Waals surface area (Å²) in [5.74, 6) is 1.82. The third-order valence-electron chi connectivity index (χ3n) is 6.28. The Morgan fingerprint density at radius 2 is 1.77 bits per heavy atom. The lowest BCUT2D eigenvalue weighted by Crippen LogP contribution is -2.03. The molecule has 2 aromatic heterocycles. The van der Waals surface area contributed by atoms with Crippen molar-refractivity contribution in [2.45, 2.75) is 45.6 Å². The summed E-state index contributed by atoms with van der Waals surface area (Å²) in [5, 5.41) is 15.9. The zero-order chi connectivity index (χ0) is 24.2. The van der Waals surface area contributed by atoms with Crippen molar-refractivity contribution in [1.29, 1.82) is 0 Å². The summed E-state index contributed by atoms with van der Waals surface area (Å²) in [7, 11) is 0. The number of aromatic nitrogens is 5. The van der Waals surface area contributed by atoms with E-state index in [0.717, 1.165) is 58.5 Å². The third-order valence-corrected chi connectivity index (χ3v) is 6.28. The molecule has 0 bridgehead atoms. The molecule has 0 fully saturated rings. The predicted molar refractivity (Wildman–Crippen MR) is 139 cm³/mol. The number of nitrogens with one attached hydrogen (secondary N) is 1. The smallest absolute Gasteiger partial charge is 0.127 e. The summed E-state index contributed by atoms with van der Waals surface area (Å²) >= 11 is 0. The van der Waals surface area contributed by atoms with Crippen molar-refractivity contribution in [3.63, 3.8) is 0 Å². The summed E-state index contributed by atoms with van der Waals surface area (Å²) in [6.07, 6.45) is 7.05. The fourth-order valence-corrected chi connectivity index (χ4v) is 4.57. The van der Waals surface area contributed by atoms with E-state index in [1.54, 1.807) is 0 Å². The molecule has 35 heavy (non-hydrogen) atoms. The molecule has 0 aliphatic carbocycles. The summed E-state index contributed by atoms with van der Waals surface area (Å²) in [4.78, 5) is 0. The van der Waals surface area contributed by atoms with Crippen LogP contribution in [0.15, 0.2) is 73.1 Å². The topological polar surface area (TPSA) is 94.6 Å². The van der Waals surface area contributed by atoms with Crippen LogP contribution in [0.3, 0.4) is 0 Å².